The van der Waals surface area contributed by atoms with Crippen molar-refractivity contribution in [3.63, 3.8) is 0 Å². The van der Waals surface area contributed by atoms with Crippen LogP contribution in [0.15, 0.2) is 18.3 Å². The number of anilines is 1. The lowest BCUT2D eigenvalue weighted by Crippen LogP contribution is -2.29. The molecule has 0 amide bonds. The summed E-state index contributed by atoms with van der Waals surface area (Å²) in [6.45, 7) is 9.85. The molecular formula is C14H25N3. The van der Waals surface area contributed by atoms with Gasteiger partial charge in [0.05, 0.1) is 0 Å². The van der Waals surface area contributed by atoms with Crippen molar-refractivity contribution >= 4 is 5.82 Å². The van der Waals surface area contributed by atoms with Crippen LogP contribution >= 0.6 is 0 Å². The van der Waals surface area contributed by atoms with Gasteiger partial charge in [-0.3, -0.25) is 0 Å². The quantitative estimate of drug-likeness (QED) is 0.870. The molecular weight excluding hydrogens is 210 g/mol. The number of hydrogen-bond donors (Lipinski definition) is 1. The fourth-order valence-electron chi connectivity index (χ4n) is 1.84. The standard InChI is InChI=1S/C14H25N3/c1-11(15-5)12-7-8-13(16-9-12)17(6)10-14(2,3)4/h7-9,11,15H,10H2,1-6H3. The van der Waals surface area contributed by atoms with Gasteiger partial charge in [-0.05, 0) is 31.0 Å². The topological polar surface area (TPSA) is 28.2 Å². The predicted molar refractivity (Wildman–Crippen MR) is 74.4 cm³/mol. The Balaban J connectivity index is 2.74. The van der Waals surface area contributed by atoms with Crippen LogP contribution in [0.1, 0.15) is 39.3 Å². The second kappa shape index (κ2) is 5.50. The van der Waals surface area contributed by atoms with Gasteiger partial charge in [0, 0.05) is 25.8 Å². The minimum Gasteiger partial charge on any atom is -0.359 e. The van der Waals surface area contributed by atoms with Crippen LogP contribution in [0, 0.1) is 5.41 Å². The van der Waals surface area contributed by atoms with Crippen LogP contribution in [0.25, 0.3) is 0 Å². The highest BCUT2D eigenvalue weighted by Gasteiger charge is 2.14. The summed E-state index contributed by atoms with van der Waals surface area (Å²) >= 11 is 0. The van der Waals surface area contributed by atoms with Crippen LogP contribution in [-0.4, -0.2) is 25.6 Å². The molecule has 96 valence electrons. The first-order valence-corrected chi connectivity index (χ1v) is 6.18. The number of hydrogen-bond acceptors (Lipinski definition) is 3. The largest absolute Gasteiger partial charge is 0.359 e. The summed E-state index contributed by atoms with van der Waals surface area (Å²) in [5.74, 6) is 1.03. The van der Waals surface area contributed by atoms with Crippen molar-refractivity contribution in [1.82, 2.24) is 10.3 Å². The highest BCUT2D eigenvalue weighted by molar-refractivity contribution is 5.39. The van der Waals surface area contributed by atoms with Gasteiger partial charge >= 0.3 is 0 Å². The highest BCUT2D eigenvalue weighted by atomic mass is 15.2. The first kappa shape index (κ1) is 14.0. The summed E-state index contributed by atoms with van der Waals surface area (Å²) in [6, 6.07) is 4.59. The Hall–Kier alpha value is -1.09. The number of pyridine rings is 1. The second-order valence-electron chi connectivity index (χ2n) is 5.88. The Labute approximate surface area is 105 Å². The molecule has 0 saturated heterocycles. The van der Waals surface area contributed by atoms with E-state index in [1.807, 2.05) is 13.2 Å². The average molecular weight is 235 g/mol. The van der Waals surface area contributed by atoms with Gasteiger partial charge in [0.2, 0.25) is 0 Å². The van der Waals surface area contributed by atoms with Crippen LogP contribution in [0.2, 0.25) is 0 Å². The molecule has 0 aliphatic rings. The van der Waals surface area contributed by atoms with E-state index in [-0.39, 0.29) is 5.41 Å². The lowest BCUT2D eigenvalue weighted by Gasteiger charge is -2.27. The molecule has 0 radical (unpaired) electrons. The lowest BCUT2D eigenvalue weighted by molar-refractivity contribution is 0.418. The van der Waals surface area contributed by atoms with E-state index < -0.39 is 0 Å². The van der Waals surface area contributed by atoms with Crippen molar-refractivity contribution in [2.24, 2.45) is 5.41 Å². The summed E-state index contributed by atoms with van der Waals surface area (Å²) in [6.07, 6.45) is 1.95. The van der Waals surface area contributed by atoms with Gasteiger partial charge in [0.25, 0.3) is 0 Å². The van der Waals surface area contributed by atoms with E-state index in [4.69, 9.17) is 0 Å². The van der Waals surface area contributed by atoms with Crippen molar-refractivity contribution in [3.8, 4) is 0 Å². The molecule has 1 heterocycles. The van der Waals surface area contributed by atoms with Gasteiger partial charge in [-0.1, -0.05) is 26.8 Å². The molecule has 0 aliphatic heterocycles. The molecule has 1 aromatic rings. The molecule has 17 heavy (non-hydrogen) atoms. The first-order chi connectivity index (χ1) is 7.83. The average Bonchev–Trinajstić information content (AvgIpc) is 2.26. The van der Waals surface area contributed by atoms with E-state index in [0.717, 1.165) is 12.4 Å². The van der Waals surface area contributed by atoms with Crippen molar-refractivity contribution in [2.75, 3.05) is 25.5 Å². The zero-order valence-corrected chi connectivity index (χ0v) is 11.9. The summed E-state index contributed by atoms with van der Waals surface area (Å²) in [4.78, 5) is 6.72. The monoisotopic (exact) mass is 235 g/mol. The third kappa shape index (κ3) is 4.35. The number of rotatable bonds is 4. The van der Waals surface area contributed by atoms with Crippen LogP contribution in [0.3, 0.4) is 0 Å². The maximum Gasteiger partial charge on any atom is 0.128 e. The minimum absolute atomic E-state index is 0.285. The van der Waals surface area contributed by atoms with Crippen LogP contribution < -0.4 is 10.2 Å². The number of aromatic nitrogens is 1. The highest BCUT2D eigenvalue weighted by Crippen LogP contribution is 2.19. The van der Waals surface area contributed by atoms with E-state index in [2.05, 4.69) is 62.1 Å². The van der Waals surface area contributed by atoms with Crippen LogP contribution in [-0.2, 0) is 0 Å². The molecule has 1 unspecified atom stereocenters. The fraction of sp³-hybridized carbons (Fsp3) is 0.643. The number of nitrogens with one attached hydrogen (secondary N) is 1. The molecule has 3 nitrogen and oxygen atoms in total. The Bertz CT molecular complexity index is 337. The third-order valence-corrected chi connectivity index (χ3v) is 2.81. The molecule has 1 aromatic heterocycles. The first-order valence-electron chi connectivity index (χ1n) is 6.18. The molecule has 0 aliphatic carbocycles. The fourth-order valence-corrected chi connectivity index (χ4v) is 1.84. The smallest absolute Gasteiger partial charge is 0.128 e. The van der Waals surface area contributed by atoms with Gasteiger partial charge in [-0.2, -0.15) is 0 Å². The Morgan fingerprint density at radius 1 is 1.35 bits per heavy atom. The zero-order chi connectivity index (χ0) is 13.1. The van der Waals surface area contributed by atoms with Crippen molar-refractivity contribution < 1.29 is 0 Å². The van der Waals surface area contributed by atoms with E-state index in [9.17, 15) is 0 Å². The van der Waals surface area contributed by atoms with E-state index in [1.54, 1.807) is 0 Å². The second-order valence-corrected chi connectivity index (χ2v) is 5.88. The summed E-state index contributed by atoms with van der Waals surface area (Å²) in [5, 5.41) is 3.21. The zero-order valence-electron chi connectivity index (χ0n) is 11.9. The molecule has 0 aromatic carbocycles. The van der Waals surface area contributed by atoms with Crippen molar-refractivity contribution in [2.45, 2.75) is 33.7 Å². The lowest BCUT2D eigenvalue weighted by atomic mass is 9.96. The Morgan fingerprint density at radius 2 is 2.00 bits per heavy atom. The summed E-state index contributed by atoms with van der Waals surface area (Å²) < 4.78 is 0. The van der Waals surface area contributed by atoms with Gasteiger partial charge in [0.15, 0.2) is 0 Å². The van der Waals surface area contributed by atoms with Gasteiger partial charge < -0.3 is 10.2 Å². The van der Waals surface area contributed by atoms with E-state index in [0.29, 0.717) is 6.04 Å². The van der Waals surface area contributed by atoms with Crippen molar-refractivity contribution in [1.29, 1.82) is 0 Å². The molecule has 1 atom stereocenters. The summed E-state index contributed by atoms with van der Waals surface area (Å²) in [5.41, 5.74) is 1.51. The maximum absolute atomic E-state index is 4.52. The SMILES string of the molecule is CNC(C)c1ccc(N(C)CC(C)(C)C)nc1. The third-order valence-electron chi connectivity index (χ3n) is 2.81. The van der Waals surface area contributed by atoms with E-state index >= 15 is 0 Å². The molecule has 3 heteroatoms. The molecule has 1 rings (SSSR count). The van der Waals surface area contributed by atoms with Gasteiger partial charge in [0.1, 0.15) is 5.82 Å². The number of nitrogens with zero attached hydrogens (tertiary/aromatic N) is 2. The van der Waals surface area contributed by atoms with Crippen LogP contribution in [0.4, 0.5) is 5.82 Å². The molecule has 0 fully saturated rings. The molecule has 0 bridgehead atoms. The normalized spacial score (nSPS) is 13.5. The molecule has 0 saturated carbocycles. The van der Waals surface area contributed by atoms with E-state index in [1.165, 1.54) is 5.56 Å². The van der Waals surface area contributed by atoms with Gasteiger partial charge in [-0.15, -0.1) is 0 Å². The minimum atomic E-state index is 0.285. The predicted octanol–water partition coefficient (Wildman–Crippen LogP) is 2.84. The Kier molecular flexibility index (Phi) is 4.52. The van der Waals surface area contributed by atoms with Gasteiger partial charge in [-0.25, -0.2) is 4.98 Å². The summed E-state index contributed by atoms with van der Waals surface area (Å²) in [7, 11) is 4.05. The molecule has 0 spiro atoms. The van der Waals surface area contributed by atoms with Crippen LogP contribution in [0.5, 0.6) is 0 Å². The van der Waals surface area contributed by atoms with Crippen molar-refractivity contribution in [3.05, 3.63) is 23.9 Å². The Morgan fingerprint density at radius 3 is 2.41 bits per heavy atom. The maximum atomic E-state index is 4.52. The molecule has 1 N–H and O–H groups in total.